The van der Waals surface area contributed by atoms with Gasteiger partial charge < -0.3 is 10.4 Å². The Kier molecular flexibility index (Phi) is 9.63. The number of nitrogens with one attached hydrogen (secondary N) is 1. The predicted molar refractivity (Wildman–Crippen MR) is 71.5 cm³/mol. The van der Waals surface area contributed by atoms with Gasteiger partial charge in [-0.1, -0.05) is 32.9 Å². The number of rotatable bonds is 9. The second-order valence-electron chi connectivity index (χ2n) is 4.52. The zero-order valence-electron chi connectivity index (χ0n) is 11.0. The van der Waals surface area contributed by atoms with Crippen LogP contribution in [-0.4, -0.2) is 33.0 Å². The summed E-state index contributed by atoms with van der Waals surface area (Å²) in [5, 5.41) is 11.5. The maximum Gasteiger partial charge on any atom is 0.220 e. The lowest BCUT2D eigenvalue weighted by molar-refractivity contribution is -0.121. The lowest BCUT2D eigenvalue weighted by atomic mass is 10.3. The molecule has 96 valence electrons. The van der Waals surface area contributed by atoms with E-state index in [1.54, 1.807) is 0 Å². The van der Waals surface area contributed by atoms with Crippen LogP contribution in [0.15, 0.2) is 0 Å². The van der Waals surface area contributed by atoms with Gasteiger partial charge in [-0.15, -0.1) is 0 Å². The van der Waals surface area contributed by atoms with Crippen LogP contribution in [0, 0.1) is 0 Å². The van der Waals surface area contributed by atoms with Gasteiger partial charge in [0.15, 0.2) is 0 Å². The molecule has 0 rings (SSSR count). The molecule has 1 unspecified atom stereocenters. The molecule has 2 N–H and O–H groups in total. The van der Waals surface area contributed by atoms with E-state index in [1.165, 1.54) is 12.1 Å². The molecule has 0 heterocycles. The van der Waals surface area contributed by atoms with Crippen LogP contribution in [0.5, 0.6) is 0 Å². The molecule has 0 aromatic carbocycles. The number of aliphatic hydroxyl groups excluding tert-OH is 1. The van der Waals surface area contributed by atoms with Crippen LogP contribution in [-0.2, 0) is 4.79 Å². The van der Waals surface area contributed by atoms with Gasteiger partial charge in [0, 0.05) is 28.4 Å². The van der Waals surface area contributed by atoms with Crippen molar-refractivity contribution in [1.29, 1.82) is 0 Å². The molecule has 0 saturated carbocycles. The molecule has 0 aliphatic carbocycles. The number of aliphatic hydroxyl groups is 1. The van der Waals surface area contributed by atoms with Gasteiger partial charge in [-0.25, -0.2) is 0 Å². The normalized spacial score (nSPS) is 12.8. The molecule has 0 aromatic rings. The average molecular weight is 245 g/mol. The van der Waals surface area contributed by atoms with Gasteiger partial charge in [0.1, 0.15) is 0 Å². The Morgan fingerprint density at radius 3 is 2.50 bits per heavy atom. The van der Waals surface area contributed by atoms with Crippen LogP contribution < -0.4 is 5.32 Å². The highest BCUT2D eigenvalue weighted by molar-refractivity contribution is 6.60. The van der Waals surface area contributed by atoms with E-state index in [1.807, 2.05) is 0 Å². The molecule has 0 aliphatic rings. The minimum absolute atomic E-state index is 0.0764. The fourth-order valence-electron chi connectivity index (χ4n) is 2.10. The molecule has 16 heavy (non-hydrogen) atoms. The van der Waals surface area contributed by atoms with Gasteiger partial charge in [-0.05, 0) is 18.4 Å². The molecule has 1 atom stereocenters. The summed E-state index contributed by atoms with van der Waals surface area (Å²) in [4.78, 5) is 11.3. The quantitative estimate of drug-likeness (QED) is 0.610. The van der Waals surface area contributed by atoms with E-state index in [0.717, 1.165) is 18.5 Å². The van der Waals surface area contributed by atoms with Crippen molar-refractivity contribution in [2.75, 3.05) is 13.2 Å². The molecule has 0 saturated heterocycles. The first kappa shape index (κ1) is 15.6. The van der Waals surface area contributed by atoms with Gasteiger partial charge in [-0.3, -0.25) is 4.79 Å². The van der Waals surface area contributed by atoms with E-state index >= 15 is 0 Å². The Balaban J connectivity index is 3.60. The third-order valence-electron chi connectivity index (χ3n) is 3.34. The number of amides is 1. The maximum atomic E-state index is 11.3. The zero-order chi connectivity index (χ0) is 12.4. The number of hydrogen-bond acceptors (Lipinski definition) is 2. The molecule has 0 aliphatic heterocycles. The van der Waals surface area contributed by atoms with Gasteiger partial charge in [0.25, 0.3) is 0 Å². The monoisotopic (exact) mass is 245 g/mol. The summed E-state index contributed by atoms with van der Waals surface area (Å²) in [7, 11) is -0.563. The summed E-state index contributed by atoms with van der Waals surface area (Å²) in [5.74, 6) is 0.0764. The summed E-state index contributed by atoms with van der Waals surface area (Å²) < 4.78 is 0. The van der Waals surface area contributed by atoms with E-state index in [4.69, 9.17) is 5.11 Å². The van der Waals surface area contributed by atoms with Crippen LogP contribution in [0.4, 0.5) is 0 Å². The van der Waals surface area contributed by atoms with Crippen molar-refractivity contribution >= 4 is 14.7 Å². The topological polar surface area (TPSA) is 49.3 Å². The standard InChI is InChI=1S/C12H27NO2Si/c1-4-16(5-2)11(3)8-9-13-12(15)7-6-10-14/h11,14,16H,4-10H2,1-3H3,(H,13,15). The second kappa shape index (κ2) is 9.84. The maximum absolute atomic E-state index is 11.3. The third-order valence-corrected chi connectivity index (χ3v) is 7.38. The predicted octanol–water partition coefficient (Wildman–Crippen LogP) is 1.92. The minimum atomic E-state index is -0.563. The lowest BCUT2D eigenvalue weighted by Crippen LogP contribution is -2.27. The van der Waals surface area contributed by atoms with Crippen LogP contribution in [0.2, 0.25) is 17.6 Å². The third kappa shape index (κ3) is 7.01. The highest BCUT2D eigenvalue weighted by Gasteiger charge is 2.14. The van der Waals surface area contributed by atoms with Gasteiger partial charge in [0.05, 0.1) is 0 Å². The highest BCUT2D eigenvalue weighted by atomic mass is 28.3. The van der Waals surface area contributed by atoms with E-state index in [2.05, 4.69) is 26.1 Å². The first-order valence-corrected chi connectivity index (χ1v) is 8.83. The van der Waals surface area contributed by atoms with Crippen molar-refractivity contribution in [1.82, 2.24) is 5.32 Å². The SMILES string of the molecule is CC[SiH](CC)C(C)CCNC(=O)CCCO. The summed E-state index contributed by atoms with van der Waals surface area (Å²) in [6, 6.07) is 2.71. The largest absolute Gasteiger partial charge is 0.396 e. The number of carbonyl (C=O) groups is 1. The number of carbonyl (C=O) groups excluding carboxylic acids is 1. The van der Waals surface area contributed by atoms with Crippen LogP contribution in [0.3, 0.4) is 0 Å². The average Bonchev–Trinajstić information content (AvgIpc) is 2.28. The molecular weight excluding hydrogens is 218 g/mol. The van der Waals surface area contributed by atoms with Gasteiger partial charge in [0.2, 0.25) is 5.91 Å². The Hall–Kier alpha value is -0.353. The van der Waals surface area contributed by atoms with Crippen LogP contribution in [0.1, 0.15) is 40.0 Å². The van der Waals surface area contributed by atoms with Gasteiger partial charge >= 0.3 is 0 Å². The molecular formula is C12H27NO2Si. The Morgan fingerprint density at radius 1 is 1.38 bits per heavy atom. The smallest absolute Gasteiger partial charge is 0.220 e. The summed E-state index contributed by atoms with van der Waals surface area (Å²) in [6.45, 7) is 7.80. The molecule has 1 amide bonds. The summed E-state index contributed by atoms with van der Waals surface area (Å²) in [6.07, 6.45) is 2.14. The van der Waals surface area contributed by atoms with Crippen LogP contribution in [0.25, 0.3) is 0 Å². The first-order valence-electron chi connectivity index (χ1n) is 6.53. The van der Waals surface area contributed by atoms with Gasteiger partial charge in [-0.2, -0.15) is 0 Å². The van der Waals surface area contributed by atoms with Crippen molar-refractivity contribution in [2.45, 2.75) is 57.7 Å². The zero-order valence-corrected chi connectivity index (χ0v) is 12.1. The van der Waals surface area contributed by atoms with Crippen molar-refractivity contribution in [2.24, 2.45) is 0 Å². The van der Waals surface area contributed by atoms with Crippen LogP contribution >= 0.6 is 0 Å². The molecule has 0 radical (unpaired) electrons. The lowest BCUT2D eigenvalue weighted by Gasteiger charge is -2.19. The van der Waals surface area contributed by atoms with E-state index < -0.39 is 8.80 Å². The molecule has 0 spiro atoms. The Bertz CT molecular complexity index is 184. The van der Waals surface area contributed by atoms with E-state index in [0.29, 0.717) is 12.8 Å². The minimum Gasteiger partial charge on any atom is -0.396 e. The van der Waals surface area contributed by atoms with Crippen molar-refractivity contribution < 1.29 is 9.90 Å². The van der Waals surface area contributed by atoms with E-state index in [9.17, 15) is 4.79 Å². The van der Waals surface area contributed by atoms with E-state index in [-0.39, 0.29) is 12.5 Å². The molecule has 4 heteroatoms. The summed E-state index contributed by atoms with van der Waals surface area (Å²) in [5.41, 5.74) is 0.813. The van der Waals surface area contributed by atoms with Crippen molar-refractivity contribution in [3.05, 3.63) is 0 Å². The number of hydrogen-bond donors (Lipinski definition) is 2. The Morgan fingerprint density at radius 2 is 2.00 bits per heavy atom. The molecule has 0 bridgehead atoms. The fourth-order valence-corrected chi connectivity index (χ4v) is 4.92. The van der Waals surface area contributed by atoms with Crippen molar-refractivity contribution in [3.8, 4) is 0 Å². The highest BCUT2D eigenvalue weighted by Crippen LogP contribution is 2.19. The summed E-state index contributed by atoms with van der Waals surface area (Å²) >= 11 is 0. The fraction of sp³-hybridized carbons (Fsp3) is 0.917. The molecule has 0 fully saturated rings. The Labute approximate surface area is 101 Å². The molecule has 3 nitrogen and oxygen atoms in total. The van der Waals surface area contributed by atoms with Crippen molar-refractivity contribution in [3.63, 3.8) is 0 Å². The second-order valence-corrected chi connectivity index (χ2v) is 8.81. The molecule has 0 aromatic heterocycles. The first-order chi connectivity index (χ1) is 7.65.